The molecule has 0 fully saturated rings. The smallest absolute Gasteiger partial charge is 0.251 e. The van der Waals surface area contributed by atoms with Crippen molar-refractivity contribution in [2.75, 3.05) is 13.2 Å². The molecule has 0 spiro atoms. The molecule has 21 heavy (non-hydrogen) atoms. The number of phenols is 2. The van der Waals surface area contributed by atoms with Crippen LogP contribution < -0.4 is 5.32 Å². The van der Waals surface area contributed by atoms with E-state index in [1.807, 2.05) is 0 Å². The number of benzene rings is 1. The molecule has 0 aliphatic heterocycles. The van der Waals surface area contributed by atoms with Crippen LogP contribution >= 0.6 is 0 Å². The molecule has 0 aromatic heterocycles. The number of hydrogen-bond donors (Lipinski definition) is 7. The van der Waals surface area contributed by atoms with Crippen LogP contribution in [0.25, 0.3) is 0 Å². The summed E-state index contributed by atoms with van der Waals surface area (Å²) in [6.45, 7) is -0.805. The van der Waals surface area contributed by atoms with E-state index >= 15 is 0 Å². The van der Waals surface area contributed by atoms with Crippen LogP contribution in [-0.4, -0.2) is 68.0 Å². The fraction of sp³-hybridized carbons (Fsp3) is 0.462. The lowest BCUT2D eigenvalue weighted by atomic mass is 10.1. The topological polar surface area (TPSA) is 150 Å². The Labute approximate surface area is 120 Å². The van der Waals surface area contributed by atoms with Gasteiger partial charge in [-0.3, -0.25) is 4.79 Å². The minimum absolute atomic E-state index is 0.0109. The molecule has 0 radical (unpaired) electrons. The second kappa shape index (κ2) is 7.79. The van der Waals surface area contributed by atoms with E-state index in [0.717, 1.165) is 0 Å². The van der Waals surface area contributed by atoms with E-state index in [2.05, 4.69) is 5.32 Å². The van der Waals surface area contributed by atoms with E-state index in [0.29, 0.717) is 0 Å². The van der Waals surface area contributed by atoms with Crippen LogP contribution in [0.4, 0.5) is 0 Å². The molecule has 1 aromatic carbocycles. The van der Waals surface area contributed by atoms with Crippen molar-refractivity contribution in [1.29, 1.82) is 0 Å². The molecule has 118 valence electrons. The summed E-state index contributed by atoms with van der Waals surface area (Å²) in [7, 11) is 0. The first-order valence-corrected chi connectivity index (χ1v) is 6.31. The van der Waals surface area contributed by atoms with Crippen molar-refractivity contribution in [2.24, 2.45) is 0 Å². The maximum Gasteiger partial charge on any atom is 0.251 e. The molecule has 7 N–H and O–H groups in total. The van der Waals surface area contributed by atoms with Crippen molar-refractivity contribution in [3.63, 3.8) is 0 Å². The maximum atomic E-state index is 11.5. The molecule has 3 atom stereocenters. The lowest BCUT2D eigenvalue weighted by molar-refractivity contribution is -0.142. The molecule has 1 aromatic rings. The van der Waals surface area contributed by atoms with Crippen molar-refractivity contribution in [3.8, 4) is 11.5 Å². The first-order chi connectivity index (χ1) is 9.88. The highest BCUT2D eigenvalue weighted by Crippen LogP contribution is 2.26. The predicted octanol–water partition coefficient (Wildman–Crippen LogP) is -2.17. The molecule has 0 heterocycles. The lowest BCUT2D eigenvalue weighted by Crippen LogP contribution is -2.48. The average molecular weight is 301 g/mol. The van der Waals surface area contributed by atoms with E-state index in [-0.39, 0.29) is 30.0 Å². The minimum atomic E-state index is -1.90. The molecule has 0 bridgehead atoms. The van der Waals surface area contributed by atoms with Crippen LogP contribution in [0.1, 0.15) is 5.56 Å². The average Bonchev–Trinajstić information content (AvgIpc) is 2.47. The third-order valence-electron chi connectivity index (χ3n) is 2.97. The number of carbonyl (C=O) groups is 1. The Balaban J connectivity index is 2.50. The summed E-state index contributed by atoms with van der Waals surface area (Å²) in [6, 6.07) is 4.23. The zero-order chi connectivity index (χ0) is 16.0. The Morgan fingerprint density at radius 3 is 2.24 bits per heavy atom. The third-order valence-corrected chi connectivity index (χ3v) is 2.97. The molecular weight excluding hydrogens is 282 g/mol. The molecule has 0 aliphatic carbocycles. The molecule has 8 heteroatoms. The number of aromatic hydroxyl groups is 2. The minimum Gasteiger partial charge on any atom is -0.508 e. The summed E-state index contributed by atoms with van der Waals surface area (Å²) in [5.41, 5.74) is 0.239. The van der Waals surface area contributed by atoms with Crippen LogP contribution in [0.5, 0.6) is 11.5 Å². The number of phenolic OH excluding ortho intramolecular Hbond substituents is 2. The van der Waals surface area contributed by atoms with Crippen LogP contribution in [0.3, 0.4) is 0 Å². The molecule has 0 saturated heterocycles. The SMILES string of the molecule is O=C(NCCc1c(O)cccc1O)[C@@H](O)[C@H](O)[C@H](O)CO. The van der Waals surface area contributed by atoms with Crippen LogP contribution in [-0.2, 0) is 11.2 Å². The number of hydrogen-bond acceptors (Lipinski definition) is 7. The van der Waals surface area contributed by atoms with Gasteiger partial charge in [0.05, 0.1) is 6.61 Å². The zero-order valence-corrected chi connectivity index (χ0v) is 11.2. The largest absolute Gasteiger partial charge is 0.508 e. The quantitative estimate of drug-likeness (QED) is 0.303. The number of aliphatic hydroxyl groups is 4. The number of nitrogens with one attached hydrogen (secondary N) is 1. The fourth-order valence-corrected chi connectivity index (χ4v) is 1.71. The zero-order valence-electron chi connectivity index (χ0n) is 11.2. The number of amides is 1. The van der Waals surface area contributed by atoms with Crippen LogP contribution in [0.15, 0.2) is 18.2 Å². The van der Waals surface area contributed by atoms with Crippen LogP contribution in [0, 0.1) is 0 Å². The number of aliphatic hydroxyl groups excluding tert-OH is 4. The molecular formula is C13H19NO7. The van der Waals surface area contributed by atoms with E-state index in [1.54, 1.807) is 0 Å². The van der Waals surface area contributed by atoms with Gasteiger partial charge in [-0.2, -0.15) is 0 Å². The Hall–Kier alpha value is -1.87. The maximum absolute atomic E-state index is 11.5. The molecule has 0 saturated carbocycles. The number of rotatable bonds is 7. The summed E-state index contributed by atoms with van der Waals surface area (Å²) < 4.78 is 0. The van der Waals surface area contributed by atoms with Crippen molar-refractivity contribution in [3.05, 3.63) is 23.8 Å². The summed E-state index contributed by atoms with van der Waals surface area (Å²) in [5.74, 6) is -1.19. The van der Waals surface area contributed by atoms with Gasteiger partial charge in [-0.15, -0.1) is 0 Å². The van der Waals surface area contributed by atoms with Gasteiger partial charge in [-0.1, -0.05) is 6.07 Å². The molecule has 1 rings (SSSR count). The number of carbonyl (C=O) groups excluding carboxylic acids is 1. The third kappa shape index (κ3) is 4.57. The van der Waals surface area contributed by atoms with Crippen molar-refractivity contribution >= 4 is 5.91 Å². The summed E-state index contributed by atoms with van der Waals surface area (Å²) in [5, 5.41) is 57.9. The fourth-order valence-electron chi connectivity index (χ4n) is 1.71. The van der Waals surface area contributed by atoms with Crippen molar-refractivity contribution in [2.45, 2.75) is 24.7 Å². The Kier molecular flexibility index (Phi) is 6.38. The Morgan fingerprint density at radius 2 is 1.71 bits per heavy atom. The van der Waals surface area contributed by atoms with Gasteiger partial charge in [0.25, 0.3) is 5.91 Å². The molecule has 1 amide bonds. The van der Waals surface area contributed by atoms with Gasteiger partial charge >= 0.3 is 0 Å². The van der Waals surface area contributed by atoms with E-state index < -0.39 is 30.8 Å². The highest BCUT2D eigenvalue weighted by molar-refractivity contribution is 5.81. The molecule has 8 nitrogen and oxygen atoms in total. The van der Waals surface area contributed by atoms with E-state index in [9.17, 15) is 25.2 Å². The normalized spacial score (nSPS) is 15.2. The predicted molar refractivity (Wildman–Crippen MR) is 71.6 cm³/mol. The van der Waals surface area contributed by atoms with Crippen molar-refractivity contribution < 1.29 is 35.4 Å². The standard InChI is InChI=1S/C13H19NO7/c15-6-10(18)11(19)12(20)13(21)14-5-4-7-8(16)2-1-3-9(7)17/h1-3,10-12,15-20H,4-6H2,(H,14,21)/t10-,11-,12+/m1/s1. The Morgan fingerprint density at radius 1 is 1.14 bits per heavy atom. The van der Waals surface area contributed by atoms with Gasteiger partial charge in [-0.25, -0.2) is 0 Å². The highest BCUT2D eigenvalue weighted by atomic mass is 16.4. The van der Waals surface area contributed by atoms with E-state index in [1.165, 1.54) is 18.2 Å². The second-order valence-corrected chi connectivity index (χ2v) is 4.50. The molecule has 0 unspecified atom stereocenters. The molecule has 0 aliphatic rings. The van der Waals surface area contributed by atoms with Gasteiger partial charge in [0, 0.05) is 12.1 Å². The van der Waals surface area contributed by atoms with Gasteiger partial charge in [0.2, 0.25) is 0 Å². The summed E-state index contributed by atoms with van der Waals surface area (Å²) in [6.07, 6.45) is -5.23. The lowest BCUT2D eigenvalue weighted by Gasteiger charge is -2.20. The first-order valence-electron chi connectivity index (χ1n) is 6.31. The van der Waals surface area contributed by atoms with Gasteiger partial charge in [0.15, 0.2) is 6.10 Å². The van der Waals surface area contributed by atoms with Gasteiger partial charge < -0.3 is 36.0 Å². The van der Waals surface area contributed by atoms with E-state index in [4.69, 9.17) is 10.2 Å². The van der Waals surface area contributed by atoms with Crippen LogP contribution in [0.2, 0.25) is 0 Å². The monoisotopic (exact) mass is 301 g/mol. The highest BCUT2D eigenvalue weighted by Gasteiger charge is 2.29. The second-order valence-electron chi connectivity index (χ2n) is 4.50. The Bertz CT molecular complexity index is 459. The first kappa shape index (κ1) is 17.2. The van der Waals surface area contributed by atoms with Crippen molar-refractivity contribution in [1.82, 2.24) is 5.32 Å². The summed E-state index contributed by atoms with van der Waals surface area (Å²) >= 11 is 0. The van der Waals surface area contributed by atoms with Gasteiger partial charge in [-0.05, 0) is 18.6 Å². The summed E-state index contributed by atoms with van der Waals surface area (Å²) in [4.78, 5) is 11.5. The van der Waals surface area contributed by atoms with Gasteiger partial charge in [0.1, 0.15) is 23.7 Å².